The van der Waals surface area contributed by atoms with Gasteiger partial charge in [-0.1, -0.05) is 54.1 Å². The van der Waals surface area contributed by atoms with Crippen LogP contribution < -0.4 is 15.0 Å². The molecule has 4 amide bonds. The van der Waals surface area contributed by atoms with E-state index in [9.17, 15) is 14.4 Å². The number of carbonyl (C=O) groups excluding carboxylic acids is 3. The highest BCUT2D eigenvalue weighted by atomic mass is 79.9. The lowest BCUT2D eigenvalue weighted by Crippen LogP contribution is -2.54. The van der Waals surface area contributed by atoms with E-state index in [0.29, 0.717) is 26.9 Å². The smallest absolute Gasteiger partial charge is 0.335 e. The maximum absolute atomic E-state index is 13.1. The second-order valence-electron chi connectivity index (χ2n) is 7.00. The molecule has 33 heavy (non-hydrogen) atoms. The van der Waals surface area contributed by atoms with Crippen LogP contribution in [0.2, 0.25) is 5.02 Å². The SMILES string of the molecule is O=C1NC(=O)N(c2ccccc2Cl)C(=O)/C1=C/c1cc(Br)c(OCc2ccccc2)c(Br)c1. The number of nitrogens with zero attached hydrogens (tertiary/aromatic N) is 1. The van der Waals surface area contributed by atoms with Crippen LogP contribution in [0.15, 0.2) is 81.2 Å². The molecule has 1 aliphatic heterocycles. The van der Waals surface area contributed by atoms with Crippen molar-refractivity contribution < 1.29 is 19.1 Å². The number of ether oxygens (including phenoxy) is 1. The molecule has 3 aromatic carbocycles. The van der Waals surface area contributed by atoms with Crippen molar-refractivity contribution in [2.75, 3.05) is 4.90 Å². The number of para-hydroxylation sites is 1. The van der Waals surface area contributed by atoms with Crippen molar-refractivity contribution in [3.63, 3.8) is 0 Å². The van der Waals surface area contributed by atoms with Gasteiger partial charge in [-0.05, 0) is 73.3 Å². The summed E-state index contributed by atoms with van der Waals surface area (Å²) in [6.07, 6.45) is 1.41. The Morgan fingerprint density at radius 1 is 0.939 bits per heavy atom. The lowest BCUT2D eigenvalue weighted by atomic mass is 10.1. The van der Waals surface area contributed by atoms with Gasteiger partial charge in [0.2, 0.25) is 0 Å². The Morgan fingerprint density at radius 3 is 2.24 bits per heavy atom. The summed E-state index contributed by atoms with van der Waals surface area (Å²) in [4.78, 5) is 38.7. The summed E-state index contributed by atoms with van der Waals surface area (Å²) < 4.78 is 7.17. The number of imide groups is 2. The van der Waals surface area contributed by atoms with Crippen molar-refractivity contribution in [1.29, 1.82) is 0 Å². The normalized spacial score (nSPS) is 15.1. The Kier molecular flexibility index (Phi) is 6.97. The topological polar surface area (TPSA) is 75.7 Å². The molecule has 0 unspecified atom stereocenters. The molecule has 1 aliphatic rings. The molecule has 4 rings (SSSR count). The summed E-state index contributed by atoms with van der Waals surface area (Å²) in [6, 6.07) is 18.7. The molecule has 1 heterocycles. The molecule has 0 spiro atoms. The molecule has 1 saturated heterocycles. The first-order chi connectivity index (χ1) is 15.8. The van der Waals surface area contributed by atoms with Gasteiger partial charge >= 0.3 is 6.03 Å². The Bertz CT molecular complexity index is 1270. The first kappa shape index (κ1) is 23.2. The summed E-state index contributed by atoms with van der Waals surface area (Å²) in [5.41, 5.74) is 1.54. The van der Waals surface area contributed by atoms with Crippen LogP contribution in [0.4, 0.5) is 10.5 Å². The third kappa shape index (κ3) is 5.03. The number of urea groups is 1. The molecule has 166 valence electrons. The fraction of sp³-hybridized carbons (Fsp3) is 0.0417. The maximum atomic E-state index is 13.1. The van der Waals surface area contributed by atoms with Gasteiger partial charge < -0.3 is 4.74 Å². The van der Waals surface area contributed by atoms with Gasteiger partial charge in [-0.3, -0.25) is 14.9 Å². The highest BCUT2D eigenvalue weighted by Gasteiger charge is 2.37. The molecule has 1 N–H and O–H groups in total. The molecule has 3 aromatic rings. The summed E-state index contributed by atoms with van der Waals surface area (Å²) in [5.74, 6) is -0.980. The van der Waals surface area contributed by atoms with E-state index >= 15 is 0 Å². The summed E-state index contributed by atoms with van der Waals surface area (Å²) in [5, 5.41) is 2.40. The molecule has 6 nitrogen and oxygen atoms in total. The molecule has 1 fully saturated rings. The van der Waals surface area contributed by atoms with Crippen LogP contribution in [0, 0.1) is 0 Å². The first-order valence-electron chi connectivity index (χ1n) is 9.67. The zero-order chi connectivity index (χ0) is 23.5. The number of halogens is 3. The van der Waals surface area contributed by atoms with Crippen molar-refractivity contribution in [3.05, 3.63) is 97.4 Å². The zero-order valence-electron chi connectivity index (χ0n) is 16.8. The monoisotopic (exact) mass is 588 g/mol. The van der Waals surface area contributed by atoms with Gasteiger partial charge in [0.1, 0.15) is 17.9 Å². The van der Waals surface area contributed by atoms with Gasteiger partial charge in [-0.25, -0.2) is 9.69 Å². The number of nitrogens with one attached hydrogen (secondary N) is 1. The first-order valence-corrected chi connectivity index (χ1v) is 11.6. The van der Waals surface area contributed by atoms with Crippen LogP contribution in [-0.4, -0.2) is 17.8 Å². The molecule has 0 saturated carbocycles. The van der Waals surface area contributed by atoms with Gasteiger partial charge in [0.15, 0.2) is 0 Å². The van der Waals surface area contributed by atoms with Crippen LogP contribution in [0.3, 0.4) is 0 Å². The number of barbiturate groups is 1. The number of hydrogen-bond donors (Lipinski definition) is 1. The molecular formula is C24H15Br2ClN2O4. The van der Waals surface area contributed by atoms with E-state index in [2.05, 4.69) is 37.2 Å². The van der Waals surface area contributed by atoms with E-state index in [0.717, 1.165) is 10.5 Å². The van der Waals surface area contributed by atoms with E-state index in [1.54, 1.807) is 30.3 Å². The summed E-state index contributed by atoms with van der Waals surface area (Å²) in [7, 11) is 0. The molecule has 0 aliphatic carbocycles. The van der Waals surface area contributed by atoms with E-state index in [-0.39, 0.29) is 16.3 Å². The van der Waals surface area contributed by atoms with Gasteiger partial charge in [-0.15, -0.1) is 0 Å². The Balaban J connectivity index is 1.63. The standard InChI is InChI=1S/C24H15Br2ClN2O4/c25-17-11-15(12-18(26)21(17)33-13-14-6-2-1-3-7-14)10-16-22(30)28-24(32)29(23(16)31)20-9-5-4-8-19(20)27/h1-12H,13H2,(H,28,30,32)/b16-10+. The minimum Gasteiger partial charge on any atom is -0.487 e. The fourth-order valence-electron chi connectivity index (χ4n) is 3.21. The number of benzene rings is 3. The summed E-state index contributed by atoms with van der Waals surface area (Å²) >= 11 is 13.1. The van der Waals surface area contributed by atoms with Crippen LogP contribution >= 0.6 is 43.5 Å². The molecule has 9 heteroatoms. The molecule has 0 atom stereocenters. The molecule has 0 radical (unpaired) electrons. The molecule has 0 aromatic heterocycles. The van der Waals surface area contributed by atoms with Gasteiger partial charge in [0, 0.05) is 0 Å². The van der Waals surface area contributed by atoms with Gasteiger partial charge in [0.05, 0.1) is 19.7 Å². The predicted octanol–water partition coefficient (Wildman–Crippen LogP) is 6.11. The van der Waals surface area contributed by atoms with Gasteiger partial charge in [-0.2, -0.15) is 0 Å². The maximum Gasteiger partial charge on any atom is 0.335 e. The van der Waals surface area contributed by atoms with E-state index in [1.807, 2.05) is 30.3 Å². The Labute approximate surface area is 211 Å². The average molecular weight is 591 g/mol. The summed E-state index contributed by atoms with van der Waals surface area (Å²) in [6.45, 7) is 0.369. The fourth-order valence-corrected chi connectivity index (χ4v) is 4.88. The highest BCUT2D eigenvalue weighted by Crippen LogP contribution is 2.36. The number of carbonyl (C=O) groups is 3. The predicted molar refractivity (Wildman–Crippen MR) is 133 cm³/mol. The van der Waals surface area contributed by atoms with E-state index in [4.69, 9.17) is 16.3 Å². The van der Waals surface area contributed by atoms with Crippen molar-refractivity contribution in [3.8, 4) is 5.75 Å². The van der Waals surface area contributed by atoms with Gasteiger partial charge in [0.25, 0.3) is 11.8 Å². The van der Waals surface area contributed by atoms with Crippen molar-refractivity contribution in [2.45, 2.75) is 6.61 Å². The van der Waals surface area contributed by atoms with Crippen molar-refractivity contribution in [1.82, 2.24) is 5.32 Å². The van der Waals surface area contributed by atoms with Crippen LogP contribution in [0.5, 0.6) is 5.75 Å². The number of anilines is 1. The lowest BCUT2D eigenvalue weighted by molar-refractivity contribution is -0.122. The number of amides is 4. The Morgan fingerprint density at radius 2 is 1.58 bits per heavy atom. The van der Waals surface area contributed by atoms with Crippen LogP contribution in [0.25, 0.3) is 6.08 Å². The lowest BCUT2D eigenvalue weighted by Gasteiger charge is -2.27. The highest BCUT2D eigenvalue weighted by molar-refractivity contribution is 9.11. The van der Waals surface area contributed by atoms with E-state index in [1.165, 1.54) is 12.1 Å². The third-order valence-corrected chi connectivity index (χ3v) is 6.25. The Hall–Kier alpha value is -2.94. The van der Waals surface area contributed by atoms with Crippen LogP contribution in [-0.2, 0) is 16.2 Å². The van der Waals surface area contributed by atoms with Crippen molar-refractivity contribution >= 4 is 73.1 Å². The minimum absolute atomic E-state index is 0.187. The largest absolute Gasteiger partial charge is 0.487 e. The quantitative estimate of drug-likeness (QED) is 0.288. The number of hydrogen-bond acceptors (Lipinski definition) is 4. The van der Waals surface area contributed by atoms with Crippen LogP contribution in [0.1, 0.15) is 11.1 Å². The molecule has 0 bridgehead atoms. The van der Waals surface area contributed by atoms with Crippen molar-refractivity contribution in [2.24, 2.45) is 0 Å². The second-order valence-corrected chi connectivity index (χ2v) is 9.11. The average Bonchev–Trinajstić information content (AvgIpc) is 2.78. The zero-order valence-corrected chi connectivity index (χ0v) is 20.8. The molecular weight excluding hydrogens is 576 g/mol. The third-order valence-electron chi connectivity index (χ3n) is 4.75. The number of rotatable bonds is 5. The van der Waals surface area contributed by atoms with E-state index < -0.39 is 17.8 Å². The second kappa shape index (κ2) is 9.91. The minimum atomic E-state index is -0.859.